The monoisotopic (exact) mass is 235 g/mol. The maximum Gasteiger partial charge on any atom is 0.227 e. The number of hydrogen-bond acceptors (Lipinski definition) is 3. The molecule has 3 N–H and O–H groups in total. The van der Waals surface area contributed by atoms with Crippen LogP contribution >= 0.6 is 0 Å². The fourth-order valence-electron chi connectivity index (χ4n) is 1.49. The quantitative estimate of drug-likeness (QED) is 0.343. The molecule has 0 spiro atoms. The molecular formula is C12H17N3O2. The molecule has 5 nitrogen and oxygen atoms in total. The van der Waals surface area contributed by atoms with Gasteiger partial charge < -0.3 is 15.8 Å². The van der Waals surface area contributed by atoms with Crippen molar-refractivity contribution in [1.82, 2.24) is 4.90 Å². The molecule has 0 heterocycles. The van der Waals surface area contributed by atoms with Crippen LogP contribution in [-0.2, 0) is 11.2 Å². The molecule has 0 aliphatic rings. The number of oxime groups is 1. The lowest BCUT2D eigenvalue weighted by atomic mass is 10.1. The van der Waals surface area contributed by atoms with E-state index in [4.69, 9.17) is 10.9 Å². The number of hydrogen-bond donors (Lipinski definition) is 2. The third kappa shape index (κ3) is 4.14. The maximum atomic E-state index is 11.9. The largest absolute Gasteiger partial charge is 0.409 e. The van der Waals surface area contributed by atoms with Crippen LogP contribution in [-0.4, -0.2) is 34.9 Å². The van der Waals surface area contributed by atoms with Gasteiger partial charge in [0.2, 0.25) is 5.91 Å². The topological polar surface area (TPSA) is 78.9 Å². The molecule has 0 saturated heterocycles. The highest BCUT2D eigenvalue weighted by Crippen LogP contribution is 2.02. The zero-order chi connectivity index (χ0) is 12.7. The van der Waals surface area contributed by atoms with Crippen molar-refractivity contribution in [2.24, 2.45) is 10.9 Å². The molecule has 0 fully saturated rings. The van der Waals surface area contributed by atoms with Crippen LogP contribution in [0.25, 0.3) is 0 Å². The van der Waals surface area contributed by atoms with Crippen LogP contribution in [0.5, 0.6) is 0 Å². The Kier molecular flexibility index (Phi) is 5.00. The Hall–Kier alpha value is -2.04. The van der Waals surface area contributed by atoms with Crippen molar-refractivity contribution in [2.75, 3.05) is 13.1 Å². The van der Waals surface area contributed by atoms with E-state index in [0.29, 0.717) is 13.0 Å². The molecule has 5 heteroatoms. The number of nitrogens with two attached hydrogens (primary N) is 1. The highest BCUT2D eigenvalue weighted by Gasteiger charge is 2.13. The molecule has 1 aromatic carbocycles. The number of carbonyl (C=O) groups excluding carboxylic acids is 1. The van der Waals surface area contributed by atoms with Crippen LogP contribution in [0.4, 0.5) is 0 Å². The average molecular weight is 235 g/mol. The second-order valence-corrected chi connectivity index (χ2v) is 3.66. The van der Waals surface area contributed by atoms with Crippen molar-refractivity contribution in [3.8, 4) is 0 Å². The maximum absolute atomic E-state index is 11.9. The number of amides is 1. The molecule has 0 radical (unpaired) electrons. The molecule has 0 saturated carbocycles. The van der Waals surface area contributed by atoms with Crippen molar-refractivity contribution in [1.29, 1.82) is 0 Å². The normalized spacial score (nSPS) is 11.2. The van der Waals surface area contributed by atoms with Crippen LogP contribution in [0.1, 0.15) is 12.5 Å². The summed E-state index contributed by atoms with van der Waals surface area (Å²) in [4.78, 5) is 13.5. The molecule has 1 rings (SSSR count). The van der Waals surface area contributed by atoms with E-state index in [1.165, 1.54) is 0 Å². The third-order valence-electron chi connectivity index (χ3n) is 2.41. The highest BCUT2D eigenvalue weighted by molar-refractivity contribution is 5.87. The third-order valence-corrected chi connectivity index (χ3v) is 2.41. The van der Waals surface area contributed by atoms with Gasteiger partial charge >= 0.3 is 0 Å². The number of nitrogens with zero attached hydrogens (tertiary/aromatic N) is 2. The smallest absolute Gasteiger partial charge is 0.227 e. The van der Waals surface area contributed by atoms with Gasteiger partial charge in [0, 0.05) is 6.54 Å². The predicted octanol–water partition coefficient (Wildman–Crippen LogP) is 0.824. The van der Waals surface area contributed by atoms with Gasteiger partial charge in [0.25, 0.3) is 0 Å². The first-order valence-electron chi connectivity index (χ1n) is 5.45. The summed E-state index contributed by atoms with van der Waals surface area (Å²) in [5, 5.41) is 11.3. The van der Waals surface area contributed by atoms with Crippen molar-refractivity contribution in [2.45, 2.75) is 13.3 Å². The Morgan fingerprint density at radius 1 is 1.41 bits per heavy atom. The fraction of sp³-hybridized carbons (Fsp3) is 0.333. The SMILES string of the molecule is CCN(C/C(N)=N/O)C(=O)Cc1ccccc1. The fourth-order valence-corrected chi connectivity index (χ4v) is 1.49. The molecule has 0 aromatic heterocycles. The summed E-state index contributed by atoms with van der Waals surface area (Å²) in [6, 6.07) is 9.48. The van der Waals surface area contributed by atoms with Crippen LogP contribution < -0.4 is 5.73 Å². The number of amidine groups is 1. The van der Waals surface area contributed by atoms with E-state index >= 15 is 0 Å². The summed E-state index contributed by atoms with van der Waals surface area (Å²) in [6.45, 7) is 2.54. The first-order valence-corrected chi connectivity index (χ1v) is 5.45. The van der Waals surface area contributed by atoms with Gasteiger partial charge in [-0.1, -0.05) is 35.5 Å². The summed E-state index contributed by atoms with van der Waals surface area (Å²) >= 11 is 0. The van der Waals surface area contributed by atoms with Crippen LogP contribution in [0.3, 0.4) is 0 Å². The van der Waals surface area contributed by atoms with E-state index in [2.05, 4.69) is 5.16 Å². The second-order valence-electron chi connectivity index (χ2n) is 3.66. The van der Waals surface area contributed by atoms with Gasteiger partial charge in [-0.25, -0.2) is 0 Å². The predicted molar refractivity (Wildman–Crippen MR) is 65.8 cm³/mol. The summed E-state index contributed by atoms with van der Waals surface area (Å²) in [6.07, 6.45) is 0.327. The van der Waals surface area contributed by atoms with E-state index in [9.17, 15) is 4.79 Å². The minimum Gasteiger partial charge on any atom is -0.409 e. The van der Waals surface area contributed by atoms with Crippen molar-refractivity contribution >= 4 is 11.7 Å². The molecule has 0 aliphatic heterocycles. The Morgan fingerprint density at radius 3 is 2.59 bits per heavy atom. The van der Waals surface area contributed by atoms with E-state index in [1.54, 1.807) is 4.90 Å². The van der Waals surface area contributed by atoms with Crippen molar-refractivity contribution in [3.63, 3.8) is 0 Å². The standard InChI is InChI=1S/C12H17N3O2/c1-2-15(9-11(13)14-17)12(16)8-10-6-4-3-5-7-10/h3-7,17H,2,8-9H2,1H3,(H2,13,14). The molecule has 0 bridgehead atoms. The van der Waals surface area contributed by atoms with Crippen LogP contribution in [0.2, 0.25) is 0 Å². The molecule has 0 aliphatic carbocycles. The van der Waals surface area contributed by atoms with Gasteiger partial charge in [0.05, 0.1) is 13.0 Å². The van der Waals surface area contributed by atoms with Gasteiger partial charge in [-0.05, 0) is 12.5 Å². The number of carbonyl (C=O) groups is 1. The lowest BCUT2D eigenvalue weighted by Crippen LogP contribution is -2.39. The van der Waals surface area contributed by atoms with Crippen molar-refractivity contribution < 1.29 is 10.0 Å². The number of benzene rings is 1. The zero-order valence-corrected chi connectivity index (χ0v) is 9.84. The minimum absolute atomic E-state index is 0.0354. The lowest BCUT2D eigenvalue weighted by Gasteiger charge is -2.19. The molecule has 92 valence electrons. The van der Waals surface area contributed by atoms with Gasteiger partial charge in [0.1, 0.15) is 0 Å². The van der Waals surface area contributed by atoms with E-state index in [1.807, 2.05) is 37.3 Å². The van der Waals surface area contributed by atoms with E-state index in [-0.39, 0.29) is 18.3 Å². The molecular weight excluding hydrogens is 218 g/mol. The van der Waals surface area contributed by atoms with Gasteiger partial charge in [-0.3, -0.25) is 4.79 Å². The molecule has 0 atom stereocenters. The van der Waals surface area contributed by atoms with Gasteiger partial charge in [0.15, 0.2) is 5.84 Å². The van der Waals surface area contributed by atoms with Gasteiger partial charge in [-0.2, -0.15) is 0 Å². The summed E-state index contributed by atoms with van der Waals surface area (Å²) < 4.78 is 0. The van der Waals surface area contributed by atoms with Gasteiger partial charge in [-0.15, -0.1) is 0 Å². The molecule has 17 heavy (non-hydrogen) atoms. The Morgan fingerprint density at radius 2 is 2.06 bits per heavy atom. The number of rotatable bonds is 5. The van der Waals surface area contributed by atoms with E-state index < -0.39 is 0 Å². The van der Waals surface area contributed by atoms with Crippen molar-refractivity contribution in [3.05, 3.63) is 35.9 Å². The summed E-state index contributed by atoms with van der Waals surface area (Å²) in [5.74, 6) is -0.00133. The first kappa shape index (κ1) is 13.0. The first-order chi connectivity index (χ1) is 8.17. The number of likely N-dealkylation sites (N-methyl/N-ethyl adjacent to an activating group) is 1. The zero-order valence-electron chi connectivity index (χ0n) is 9.84. The lowest BCUT2D eigenvalue weighted by molar-refractivity contribution is -0.129. The minimum atomic E-state index is -0.0368. The highest BCUT2D eigenvalue weighted by atomic mass is 16.4. The second kappa shape index (κ2) is 6.52. The Bertz CT molecular complexity index is 390. The van der Waals surface area contributed by atoms with Crippen LogP contribution in [0, 0.1) is 0 Å². The Balaban J connectivity index is 2.61. The summed E-state index contributed by atoms with van der Waals surface area (Å²) in [7, 11) is 0. The van der Waals surface area contributed by atoms with E-state index in [0.717, 1.165) is 5.56 Å². The molecule has 1 amide bonds. The summed E-state index contributed by atoms with van der Waals surface area (Å²) in [5.41, 5.74) is 6.34. The van der Waals surface area contributed by atoms with Crippen LogP contribution in [0.15, 0.2) is 35.5 Å². The Labute approximate surface area is 101 Å². The molecule has 0 unspecified atom stereocenters. The average Bonchev–Trinajstić information content (AvgIpc) is 2.36. The molecule has 1 aromatic rings.